The monoisotopic (exact) mass is 313 g/mol. The van der Waals surface area contributed by atoms with Crippen molar-refractivity contribution in [3.05, 3.63) is 58.1 Å². The van der Waals surface area contributed by atoms with E-state index < -0.39 is 11.6 Å². The minimum atomic E-state index is -0.893. The molecule has 0 aromatic heterocycles. The van der Waals surface area contributed by atoms with Crippen LogP contribution in [0.2, 0.25) is 0 Å². The van der Waals surface area contributed by atoms with E-state index in [9.17, 15) is 13.9 Å². The molecule has 94 valence electrons. The van der Waals surface area contributed by atoms with Crippen LogP contribution in [0.4, 0.5) is 14.5 Å². The number of benzene rings is 2. The topological polar surface area (TPSA) is 32.3 Å². The van der Waals surface area contributed by atoms with E-state index in [1.165, 1.54) is 18.2 Å². The molecule has 2 aromatic rings. The number of phenolic OH excluding ortho intramolecular Hbond substituents is 1. The summed E-state index contributed by atoms with van der Waals surface area (Å²) in [5.74, 6) is -1.64. The molecule has 5 heteroatoms. The van der Waals surface area contributed by atoms with Gasteiger partial charge in [0.15, 0.2) is 11.6 Å². The highest BCUT2D eigenvalue weighted by Crippen LogP contribution is 2.25. The van der Waals surface area contributed by atoms with E-state index in [0.29, 0.717) is 11.0 Å². The summed E-state index contributed by atoms with van der Waals surface area (Å²) in [5, 5.41) is 12.1. The number of anilines is 1. The van der Waals surface area contributed by atoms with E-state index in [4.69, 9.17) is 0 Å². The Kier molecular flexibility index (Phi) is 3.81. The second-order valence-corrected chi connectivity index (χ2v) is 4.60. The van der Waals surface area contributed by atoms with Gasteiger partial charge in [0, 0.05) is 6.54 Å². The fourth-order valence-electron chi connectivity index (χ4n) is 1.50. The molecule has 0 saturated carbocycles. The van der Waals surface area contributed by atoms with Crippen molar-refractivity contribution in [3.8, 4) is 5.75 Å². The van der Waals surface area contributed by atoms with Crippen molar-refractivity contribution < 1.29 is 13.9 Å². The van der Waals surface area contributed by atoms with Crippen molar-refractivity contribution >= 4 is 21.6 Å². The van der Waals surface area contributed by atoms with Crippen LogP contribution in [0.1, 0.15) is 5.56 Å². The average molecular weight is 314 g/mol. The fourth-order valence-corrected chi connectivity index (χ4v) is 1.92. The Balaban J connectivity index is 2.11. The summed E-state index contributed by atoms with van der Waals surface area (Å²) < 4.78 is 26.9. The zero-order chi connectivity index (χ0) is 13.1. The first-order chi connectivity index (χ1) is 8.58. The van der Waals surface area contributed by atoms with Gasteiger partial charge >= 0.3 is 0 Å². The Morgan fingerprint density at radius 1 is 1.17 bits per heavy atom. The molecule has 0 fully saturated rings. The third kappa shape index (κ3) is 2.79. The molecule has 0 heterocycles. The molecule has 2 N–H and O–H groups in total. The largest absolute Gasteiger partial charge is 0.507 e. The lowest BCUT2D eigenvalue weighted by Crippen LogP contribution is -2.02. The van der Waals surface area contributed by atoms with Crippen LogP contribution in [0.5, 0.6) is 5.75 Å². The molecule has 2 rings (SSSR count). The Bertz CT molecular complexity index is 575. The van der Waals surface area contributed by atoms with Crippen LogP contribution >= 0.6 is 15.9 Å². The molecule has 0 bridgehead atoms. The van der Waals surface area contributed by atoms with E-state index in [1.807, 2.05) is 0 Å². The maximum absolute atomic E-state index is 13.4. The second kappa shape index (κ2) is 5.35. The number of hydrogen-bond acceptors (Lipinski definition) is 2. The zero-order valence-corrected chi connectivity index (χ0v) is 10.8. The average Bonchev–Trinajstić information content (AvgIpc) is 2.35. The summed E-state index contributed by atoms with van der Waals surface area (Å²) in [6, 6.07) is 8.91. The SMILES string of the molecule is Oc1ccc(CNc2cccc(F)c2F)cc1Br. The van der Waals surface area contributed by atoms with Crippen molar-refractivity contribution in [1.82, 2.24) is 0 Å². The Morgan fingerprint density at radius 3 is 2.67 bits per heavy atom. The van der Waals surface area contributed by atoms with E-state index in [1.54, 1.807) is 12.1 Å². The second-order valence-electron chi connectivity index (χ2n) is 3.74. The number of rotatable bonds is 3. The van der Waals surface area contributed by atoms with E-state index >= 15 is 0 Å². The fraction of sp³-hybridized carbons (Fsp3) is 0.0769. The molecule has 0 spiro atoms. The molecule has 2 aromatic carbocycles. The Morgan fingerprint density at radius 2 is 1.94 bits per heavy atom. The van der Waals surface area contributed by atoms with E-state index in [2.05, 4.69) is 21.2 Å². The highest BCUT2D eigenvalue weighted by Gasteiger charge is 2.07. The highest BCUT2D eigenvalue weighted by atomic mass is 79.9. The maximum atomic E-state index is 13.4. The first-order valence-corrected chi connectivity index (χ1v) is 6.02. The maximum Gasteiger partial charge on any atom is 0.181 e. The van der Waals surface area contributed by atoms with Crippen LogP contribution in [0, 0.1) is 11.6 Å². The normalized spacial score (nSPS) is 10.4. The van der Waals surface area contributed by atoms with Gasteiger partial charge in [0.2, 0.25) is 0 Å². The van der Waals surface area contributed by atoms with E-state index in [0.717, 1.165) is 11.6 Å². The van der Waals surface area contributed by atoms with Gasteiger partial charge in [-0.3, -0.25) is 0 Å². The summed E-state index contributed by atoms with van der Waals surface area (Å²) in [7, 11) is 0. The lowest BCUT2D eigenvalue weighted by Gasteiger charge is -2.08. The molecule has 0 saturated heterocycles. The molecular formula is C13H10BrF2NO. The summed E-state index contributed by atoms with van der Waals surface area (Å²) in [4.78, 5) is 0. The smallest absolute Gasteiger partial charge is 0.181 e. The Hall–Kier alpha value is -1.62. The van der Waals surface area contributed by atoms with Gasteiger partial charge in [0.25, 0.3) is 0 Å². The van der Waals surface area contributed by atoms with Crippen LogP contribution in [-0.2, 0) is 6.54 Å². The van der Waals surface area contributed by atoms with Crippen LogP contribution in [-0.4, -0.2) is 5.11 Å². The number of hydrogen-bond donors (Lipinski definition) is 2. The van der Waals surface area contributed by atoms with Gasteiger partial charge in [0.1, 0.15) is 5.75 Å². The van der Waals surface area contributed by atoms with Crippen molar-refractivity contribution in [2.24, 2.45) is 0 Å². The standard InChI is InChI=1S/C13H10BrF2NO/c14-9-6-8(4-5-12(9)18)7-17-11-3-1-2-10(15)13(11)16/h1-6,17-18H,7H2. The molecule has 0 aliphatic carbocycles. The van der Waals surface area contributed by atoms with Crippen molar-refractivity contribution in [2.45, 2.75) is 6.54 Å². The molecule has 0 aliphatic heterocycles. The van der Waals surface area contributed by atoms with Crippen LogP contribution in [0.15, 0.2) is 40.9 Å². The third-order valence-corrected chi connectivity index (χ3v) is 3.08. The number of phenols is 1. The molecule has 0 amide bonds. The molecule has 0 atom stereocenters. The lowest BCUT2D eigenvalue weighted by molar-refractivity contribution is 0.471. The number of halogens is 3. The minimum Gasteiger partial charge on any atom is -0.507 e. The summed E-state index contributed by atoms with van der Waals surface area (Å²) >= 11 is 3.19. The summed E-state index contributed by atoms with van der Waals surface area (Å²) in [5.41, 5.74) is 0.947. The predicted octanol–water partition coefficient (Wildman–Crippen LogP) is 4.05. The Labute approximate surface area is 111 Å². The van der Waals surface area contributed by atoms with Crippen LogP contribution < -0.4 is 5.32 Å². The van der Waals surface area contributed by atoms with Gasteiger partial charge in [-0.05, 0) is 45.8 Å². The molecule has 0 unspecified atom stereocenters. The highest BCUT2D eigenvalue weighted by molar-refractivity contribution is 9.10. The summed E-state index contributed by atoms with van der Waals surface area (Å²) in [6.07, 6.45) is 0. The first kappa shape index (κ1) is 12.8. The number of nitrogens with one attached hydrogen (secondary N) is 1. The van der Waals surface area contributed by atoms with Crippen molar-refractivity contribution in [2.75, 3.05) is 5.32 Å². The quantitative estimate of drug-likeness (QED) is 0.896. The molecule has 18 heavy (non-hydrogen) atoms. The van der Waals surface area contributed by atoms with Gasteiger partial charge in [-0.1, -0.05) is 12.1 Å². The molecule has 0 radical (unpaired) electrons. The van der Waals surface area contributed by atoms with Gasteiger partial charge in [-0.15, -0.1) is 0 Å². The minimum absolute atomic E-state index is 0.110. The van der Waals surface area contributed by atoms with Gasteiger partial charge in [-0.25, -0.2) is 8.78 Å². The van der Waals surface area contributed by atoms with Crippen LogP contribution in [0.25, 0.3) is 0 Å². The summed E-state index contributed by atoms with van der Waals surface area (Å²) in [6.45, 7) is 0.333. The van der Waals surface area contributed by atoms with E-state index in [-0.39, 0.29) is 11.4 Å². The number of aromatic hydroxyl groups is 1. The predicted molar refractivity (Wildman–Crippen MR) is 69.5 cm³/mol. The zero-order valence-electron chi connectivity index (χ0n) is 9.25. The third-order valence-electron chi connectivity index (χ3n) is 2.45. The van der Waals surface area contributed by atoms with Gasteiger partial charge in [-0.2, -0.15) is 0 Å². The first-order valence-electron chi connectivity index (χ1n) is 5.23. The van der Waals surface area contributed by atoms with Gasteiger partial charge in [0.05, 0.1) is 10.2 Å². The van der Waals surface area contributed by atoms with Gasteiger partial charge < -0.3 is 10.4 Å². The molecule has 2 nitrogen and oxygen atoms in total. The van der Waals surface area contributed by atoms with Crippen molar-refractivity contribution in [1.29, 1.82) is 0 Å². The van der Waals surface area contributed by atoms with Crippen LogP contribution in [0.3, 0.4) is 0 Å². The molecular weight excluding hydrogens is 304 g/mol. The molecule has 0 aliphatic rings. The lowest BCUT2D eigenvalue weighted by atomic mass is 10.2. The van der Waals surface area contributed by atoms with Crippen molar-refractivity contribution in [3.63, 3.8) is 0 Å².